The van der Waals surface area contributed by atoms with Gasteiger partial charge in [0, 0.05) is 11.1 Å². The van der Waals surface area contributed by atoms with E-state index in [1.807, 2.05) is 49.4 Å². The number of ether oxygens (including phenoxy) is 1. The van der Waals surface area contributed by atoms with Crippen molar-refractivity contribution in [1.82, 2.24) is 0 Å². The summed E-state index contributed by atoms with van der Waals surface area (Å²) >= 11 is 0. The highest BCUT2D eigenvalue weighted by atomic mass is 16.5. The van der Waals surface area contributed by atoms with Gasteiger partial charge in [-0.2, -0.15) is 0 Å². The molecule has 1 saturated carbocycles. The zero-order valence-corrected chi connectivity index (χ0v) is 13.7. The summed E-state index contributed by atoms with van der Waals surface area (Å²) in [7, 11) is 0. The maximum atomic E-state index is 12.6. The average Bonchev–Trinajstić information content (AvgIpc) is 3.37. The van der Waals surface area contributed by atoms with Gasteiger partial charge in [0.05, 0.1) is 6.61 Å². The van der Waals surface area contributed by atoms with Crippen molar-refractivity contribution in [2.45, 2.75) is 38.1 Å². The molecule has 1 fully saturated rings. The standard InChI is InChI=1S/C20H23NO2/c1-3-23-19(22)18(21-17-11-9-15(2)10-12-17)20(13-14-20)16-7-5-4-6-8-16/h4-12,18,21H,3,13-14H2,1-2H3. The van der Waals surface area contributed by atoms with E-state index in [0.717, 1.165) is 18.5 Å². The minimum absolute atomic E-state index is 0.154. The van der Waals surface area contributed by atoms with Crippen LogP contribution in [0.15, 0.2) is 54.6 Å². The van der Waals surface area contributed by atoms with E-state index in [2.05, 4.69) is 24.4 Å². The fraction of sp³-hybridized carbons (Fsp3) is 0.350. The summed E-state index contributed by atoms with van der Waals surface area (Å²) in [6, 6.07) is 18.1. The maximum Gasteiger partial charge on any atom is 0.329 e. The second kappa shape index (κ2) is 6.45. The van der Waals surface area contributed by atoms with Crippen molar-refractivity contribution in [3.05, 3.63) is 65.7 Å². The molecule has 0 spiro atoms. The molecule has 0 saturated heterocycles. The number of aryl methyl sites for hydroxylation is 1. The van der Waals surface area contributed by atoms with Crippen LogP contribution in [0.1, 0.15) is 30.9 Å². The highest BCUT2D eigenvalue weighted by molar-refractivity contribution is 5.83. The molecule has 2 aromatic rings. The first-order chi connectivity index (χ1) is 11.2. The molecule has 120 valence electrons. The summed E-state index contributed by atoms with van der Waals surface area (Å²) in [5.41, 5.74) is 3.21. The fourth-order valence-corrected chi connectivity index (χ4v) is 3.11. The van der Waals surface area contributed by atoms with E-state index in [4.69, 9.17) is 4.74 Å². The lowest BCUT2D eigenvalue weighted by Gasteiger charge is -2.27. The molecule has 3 nitrogen and oxygen atoms in total. The third-order valence-corrected chi connectivity index (χ3v) is 4.57. The molecule has 0 radical (unpaired) electrons. The highest BCUT2D eigenvalue weighted by Crippen LogP contribution is 2.52. The second-order valence-electron chi connectivity index (χ2n) is 6.22. The first kappa shape index (κ1) is 15.6. The molecule has 0 aromatic heterocycles. The molecule has 0 aliphatic heterocycles. The molecule has 1 N–H and O–H groups in total. The Labute approximate surface area is 137 Å². The topological polar surface area (TPSA) is 38.3 Å². The van der Waals surface area contributed by atoms with E-state index in [1.165, 1.54) is 11.1 Å². The number of benzene rings is 2. The Morgan fingerprint density at radius 3 is 2.35 bits per heavy atom. The van der Waals surface area contributed by atoms with Crippen LogP contribution in [0.25, 0.3) is 0 Å². The van der Waals surface area contributed by atoms with Crippen molar-refractivity contribution in [3.8, 4) is 0 Å². The van der Waals surface area contributed by atoms with Gasteiger partial charge in [0.2, 0.25) is 0 Å². The molecule has 3 heteroatoms. The number of nitrogens with one attached hydrogen (secondary N) is 1. The molecule has 1 aliphatic carbocycles. The van der Waals surface area contributed by atoms with Gasteiger partial charge in [0.15, 0.2) is 0 Å². The van der Waals surface area contributed by atoms with Crippen LogP contribution in [0.2, 0.25) is 0 Å². The minimum Gasteiger partial charge on any atom is -0.464 e. The molecule has 1 unspecified atom stereocenters. The molecule has 0 bridgehead atoms. The summed E-state index contributed by atoms with van der Waals surface area (Å²) in [5.74, 6) is -0.172. The molecule has 23 heavy (non-hydrogen) atoms. The predicted octanol–water partition coefficient (Wildman–Crippen LogP) is 4.07. The van der Waals surface area contributed by atoms with E-state index in [1.54, 1.807) is 0 Å². The van der Waals surface area contributed by atoms with Crippen LogP contribution in [0, 0.1) is 6.92 Å². The van der Waals surface area contributed by atoms with Crippen molar-refractivity contribution in [3.63, 3.8) is 0 Å². The summed E-state index contributed by atoms with van der Waals surface area (Å²) in [4.78, 5) is 12.6. The summed E-state index contributed by atoms with van der Waals surface area (Å²) < 4.78 is 5.35. The molecule has 0 heterocycles. The number of anilines is 1. The number of hydrogen-bond donors (Lipinski definition) is 1. The summed E-state index contributed by atoms with van der Waals surface area (Å²) in [6.45, 7) is 4.30. The van der Waals surface area contributed by atoms with Gasteiger partial charge in [-0.3, -0.25) is 0 Å². The highest BCUT2D eigenvalue weighted by Gasteiger charge is 2.54. The molecule has 3 rings (SSSR count). The Balaban J connectivity index is 1.90. The zero-order valence-electron chi connectivity index (χ0n) is 13.7. The summed E-state index contributed by atoms with van der Waals surface area (Å²) in [6.07, 6.45) is 2.00. The second-order valence-corrected chi connectivity index (χ2v) is 6.22. The lowest BCUT2D eigenvalue weighted by molar-refractivity contribution is -0.144. The zero-order chi connectivity index (χ0) is 16.3. The molecule has 2 aromatic carbocycles. The smallest absolute Gasteiger partial charge is 0.329 e. The lowest BCUT2D eigenvalue weighted by atomic mass is 9.87. The number of carbonyl (C=O) groups excluding carboxylic acids is 1. The minimum atomic E-state index is -0.354. The van der Waals surface area contributed by atoms with E-state index < -0.39 is 0 Å². The van der Waals surface area contributed by atoms with Crippen LogP contribution in [0.3, 0.4) is 0 Å². The number of hydrogen-bond acceptors (Lipinski definition) is 3. The van der Waals surface area contributed by atoms with Gasteiger partial charge in [-0.05, 0) is 44.4 Å². The van der Waals surface area contributed by atoms with Gasteiger partial charge in [-0.1, -0.05) is 48.0 Å². The van der Waals surface area contributed by atoms with Crippen molar-refractivity contribution in [1.29, 1.82) is 0 Å². The molecular formula is C20H23NO2. The van der Waals surface area contributed by atoms with Gasteiger partial charge in [0.1, 0.15) is 6.04 Å². The van der Waals surface area contributed by atoms with Crippen LogP contribution in [-0.4, -0.2) is 18.6 Å². The Kier molecular flexibility index (Phi) is 4.37. The van der Waals surface area contributed by atoms with Crippen molar-refractivity contribution in [2.75, 3.05) is 11.9 Å². The first-order valence-electron chi connectivity index (χ1n) is 8.21. The first-order valence-corrected chi connectivity index (χ1v) is 8.21. The van der Waals surface area contributed by atoms with Crippen molar-refractivity contribution in [2.24, 2.45) is 0 Å². The molecule has 0 amide bonds. The Hall–Kier alpha value is -2.29. The van der Waals surface area contributed by atoms with Crippen molar-refractivity contribution < 1.29 is 9.53 Å². The largest absolute Gasteiger partial charge is 0.464 e. The van der Waals surface area contributed by atoms with Gasteiger partial charge < -0.3 is 10.1 Å². The van der Waals surface area contributed by atoms with Crippen LogP contribution >= 0.6 is 0 Å². The average molecular weight is 309 g/mol. The Morgan fingerprint density at radius 2 is 1.78 bits per heavy atom. The lowest BCUT2D eigenvalue weighted by Crippen LogP contribution is -2.42. The number of esters is 1. The van der Waals surface area contributed by atoms with Gasteiger partial charge >= 0.3 is 5.97 Å². The normalized spacial score (nSPS) is 16.4. The quantitative estimate of drug-likeness (QED) is 0.817. The van der Waals surface area contributed by atoms with E-state index in [-0.39, 0.29) is 17.4 Å². The van der Waals surface area contributed by atoms with Gasteiger partial charge in [-0.15, -0.1) is 0 Å². The number of rotatable bonds is 6. The maximum absolute atomic E-state index is 12.6. The van der Waals surface area contributed by atoms with Crippen molar-refractivity contribution >= 4 is 11.7 Å². The summed E-state index contributed by atoms with van der Waals surface area (Å²) in [5, 5.41) is 3.42. The SMILES string of the molecule is CCOC(=O)C(Nc1ccc(C)cc1)C1(c2ccccc2)CC1. The van der Waals surface area contributed by atoms with E-state index >= 15 is 0 Å². The molecule has 1 aliphatic rings. The Morgan fingerprint density at radius 1 is 1.13 bits per heavy atom. The Bertz CT molecular complexity index is 660. The van der Waals surface area contributed by atoms with Gasteiger partial charge in [-0.25, -0.2) is 4.79 Å². The number of carbonyl (C=O) groups is 1. The van der Waals surface area contributed by atoms with Crippen LogP contribution in [0.5, 0.6) is 0 Å². The predicted molar refractivity (Wildman–Crippen MR) is 92.6 cm³/mol. The fourth-order valence-electron chi connectivity index (χ4n) is 3.11. The monoisotopic (exact) mass is 309 g/mol. The van der Waals surface area contributed by atoms with Crippen LogP contribution in [0.4, 0.5) is 5.69 Å². The van der Waals surface area contributed by atoms with Crippen LogP contribution < -0.4 is 5.32 Å². The van der Waals surface area contributed by atoms with E-state index in [0.29, 0.717) is 6.61 Å². The van der Waals surface area contributed by atoms with Gasteiger partial charge in [0.25, 0.3) is 0 Å². The van der Waals surface area contributed by atoms with Crippen LogP contribution in [-0.2, 0) is 14.9 Å². The van der Waals surface area contributed by atoms with E-state index in [9.17, 15) is 4.79 Å². The third kappa shape index (κ3) is 3.24. The molecule has 1 atom stereocenters. The third-order valence-electron chi connectivity index (χ3n) is 4.57. The molecular weight excluding hydrogens is 286 g/mol.